The number of carboxylic acid groups (broad SMARTS) is 1. The van der Waals surface area contributed by atoms with Crippen molar-refractivity contribution in [3.63, 3.8) is 0 Å². The molecule has 24 heavy (non-hydrogen) atoms. The molecule has 3 nitrogen and oxygen atoms in total. The Labute approximate surface area is 138 Å². The van der Waals surface area contributed by atoms with Crippen molar-refractivity contribution in [3.05, 3.63) is 29.3 Å². The zero-order valence-electron chi connectivity index (χ0n) is 13.5. The molecule has 132 valence electrons. The highest BCUT2D eigenvalue weighted by Crippen LogP contribution is 2.51. The average Bonchev–Trinajstić information content (AvgIpc) is 2.87. The lowest BCUT2D eigenvalue weighted by molar-refractivity contribution is -0.144. The first-order valence-electron chi connectivity index (χ1n) is 8.34. The highest BCUT2D eigenvalue weighted by atomic mass is 19.4. The average molecular weight is 342 g/mol. The summed E-state index contributed by atoms with van der Waals surface area (Å²) in [6, 6.07) is 3.75. The van der Waals surface area contributed by atoms with Crippen LogP contribution in [-0.2, 0) is 16.4 Å². The van der Waals surface area contributed by atoms with Gasteiger partial charge in [-0.3, -0.25) is 4.79 Å². The summed E-state index contributed by atoms with van der Waals surface area (Å²) in [6.45, 7) is 2.27. The third-order valence-electron chi connectivity index (χ3n) is 5.70. The number of fused-ring (bicyclic) bond motifs is 2. The monoisotopic (exact) mass is 342 g/mol. The van der Waals surface area contributed by atoms with Crippen molar-refractivity contribution in [2.75, 3.05) is 6.61 Å². The number of alkyl halides is 3. The molecule has 1 aromatic carbocycles. The van der Waals surface area contributed by atoms with Crippen LogP contribution in [0.25, 0.3) is 0 Å². The lowest BCUT2D eigenvalue weighted by Gasteiger charge is -2.38. The number of hydrogen-bond donors (Lipinski definition) is 1. The molecule has 1 saturated carbocycles. The Bertz CT molecular complexity index is 631. The van der Waals surface area contributed by atoms with Gasteiger partial charge < -0.3 is 9.84 Å². The van der Waals surface area contributed by atoms with E-state index in [1.807, 2.05) is 6.92 Å². The normalized spacial score (nSPS) is 27.6. The SMILES string of the molecule is CCC(C(=O)O)C1CCC2(CC1)COc1cc(C(F)(F)F)ccc12. The molecular weight excluding hydrogens is 321 g/mol. The number of aliphatic carboxylic acids is 1. The summed E-state index contributed by atoms with van der Waals surface area (Å²) < 4.78 is 44.1. The van der Waals surface area contributed by atoms with Crippen LogP contribution in [0, 0.1) is 11.8 Å². The second-order valence-electron chi connectivity index (χ2n) is 6.97. The molecule has 1 atom stereocenters. The molecule has 1 heterocycles. The molecule has 1 N–H and O–H groups in total. The smallest absolute Gasteiger partial charge is 0.416 e. The Morgan fingerprint density at radius 3 is 2.58 bits per heavy atom. The van der Waals surface area contributed by atoms with Crippen LogP contribution >= 0.6 is 0 Å². The van der Waals surface area contributed by atoms with Crippen LogP contribution < -0.4 is 4.74 Å². The minimum Gasteiger partial charge on any atom is -0.492 e. The third-order valence-corrected chi connectivity index (χ3v) is 5.70. The minimum atomic E-state index is -4.37. The van der Waals surface area contributed by atoms with Gasteiger partial charge in [0.05, 0.1) is 18.1 Å². The quantitative estimate of drug-likeness (QED) is 0.871. The Morgan fingerprint density at radius 1 is 1.38 bits per heavy atom. The van der Waals surface area contributed by atoms with Crippen LogP contribution in [0.4, 0.5) is 13.2 Å². The molecule has 1 aromatic rings. The lowest BCUT2D eigenvalue weighted by Crippen LogP contribution is -2.36. The van der Waals surface area contributed by atoms with E-state index < -0.39 is 17.7 Å². The van der Waals surface area contributed by atoms with Crippen molar-refractivity contribution in [2.24, 2.45) is 11.8 Å². The van der Waals surface area contributed by atoms with E-state index in [1.165, 1.54) is 0 Å². The Balaban J connectivity index is 1.79. The maximum Gasteiger partial charge on any atom is 0.416 e. The fraction of sp³-hybridized carbons (Fsp3) is 0.611. The largest absolute Gasteiger partial charge is 0.492 e. The van der Waals surface area contributed by atoms with Gasteiger partial charge in [-0.2, -0.15) is 13.2 Å². The Morgan fingerprint density at radius 2 is 2.04 bits per heavy atom. The standard InChI is InChI=1S/C18H21F3O3/c1-2-13(16(22)23)11-5-7-17(8-6-11)10-24-15-9-12(18(19,20)21)3-4-14(15)17/h3-4,9,11,13H,2,5-8,10H2,1H3,(H,22,23). The first kappa shape index (κ1) is 17.1. The molecule has 1 fully saturated rings. The van der Waals surface area contributed by atoms with Gasteiger partial charge in [-0.15, -0.1) is 0 Å². The predicted molar refractivity (Wildman–Crippen MR) is 82.0 cm³/mol. The van der Waals surface area contributed by atoms with Crippen LogP contribution in [0.5, 0.6) is 5.75 Å². The number of rotatable bonds is 3. The van der Waals surface area contributed by atoms with Crippen molar-refractivity contribution in [1.29, 1.82) is 0 Å². The molecule has 3 rings (SSSR count). The number of ether oxygens (including phenoxy) is 1. The maximum absolute atomic E-state index is 12.8. The van der Waals surface area contributed by atoms with E-state index in [-0.39, 0.29) is 17.3 Å². The first-order chi connectivity index (χ1) is 11.3. The van der Waals surface area contributed by atoms with E-state index in [1.54, 1.807) is 6.07 Å². The molecule has 0 radical (unpaired) electrons. The fourth-order valence-corrected chi connectivity index (χ4v) is 4.27. The maximum atomic E-state index is 12.8. The summed E-state index contributed by atoms with van der Waals surface area (Å²) in [4.78, 5) is 11.3. The highest BCUT2D eigenvalue weighted by Gasteiger charge is 2.46. The summed E-state index contributed by atoms with van der Waals surface area (Å²) in [5.74, 6) is -0.627. The topological polar surface area (TPSA) is 46.5 Å². The zero-order chi connectivity index (χ0) is 17.5. The van der Waals surface area contributed by atoms with Gasteiger partial charge in [0.25, 0.3) is 0 Å². The number of carboxylic acids is 1. The molecule has 0 aromatic heterocycles. The van der Waals surface area contributed by atoms with E-state index in [4.69, 9.17) is 4.74 Å². The second-order valence-corrected chi connectivity index (χ2v) is 6.97. The molecule has 2 aliphatic rings. The van der Waals surface area contributed by atoms with Gasteiger partial charge in [0, 0.05) is 11.0 Å². The van der Waals surface area contributed by atoms with Crippen LogP contribution in [-0.4, -0.2) is 17.7 Å². The molecule has 0 saturated heterocycles. The predicted octanol–water partition coefficient (Wildman–Crippen LogP) is 4.64. The molecule has 1 aliphatic carbocycles. The van der Waals surface area contributed by atoms with E-state index in [9.17, 15) is 23.1 Å². The van der Waals surface area contributed by atoms with Crippen molar-refractivity contribution in [2.45, 2.75) is 50.6 Å². The van der Waals surface area contributed by atoms with Gasteiger partial charge in [-0.1, -0.05) is 13.0 Å². The van der Waals surface area contributed by atoms with Gasteiger partial charge in [0.1, 0.15) is 5.75 Å². The molecule has 0 bridgehead atoms. The molecule has 0 amide bonds. The van der Waals surface area contributed by atoms with Crippen molar-refractivity contribution >= 4 is 5.97 Å². The first-order valence-corrected chi connectivity index (χ1v) is 8.34. The van der Waals surface area contributed by atoms with Crippen molar-refractivity contribution < 1.29 is 27.8 Å². The lowest BCUT2D eigenvalue weighted by atomic mass is 9.65. The van der Waals surface area contributed by atoms with Crippen molar-refractivity contribution in [3.8, 4) is 5.75 Å². The summed E-state index contributed by atoms with van der Waals surface area (Å²) >= 11 is 0. The van der Waals surface area contributed by atoms with E-state index in [0.717, 1.165) is 43.4 Å². The van der Waals surface area contributed by atoms with Crippen LogP contribution in [0.2, 0.25) is 0 Å². The van der Waals surface area contributed by atoms with Crippen molar-refractivity contribution in [1.82, 2.24) is 0 Å². The zero-order valence-corrected chi connectivity index (χ0v) is 13.5. The molecule has 6 heteroatoms. The molecular formula is C18H21F3O3. The molecule has 1 aliphatic heterocycles. The summed E-state index contributed by atoms with van der Waals surface area (Å²) in [7, 11) is 0. The number of hydrogen-bond acceptors (Lipinski definition) is 2. The van der Waals surface area contributed by atoms with Crippen LogP contribution in [0.15, 0.2) is 18.2 Å². The van der Waals surface area contributed by atoms with Gasteiger partial charge in [-0.25, -0.2) is 0 Å². The third kappa shape index (κ3) is 2.87. The van der Waals surface area contributed by atoms with E-state index in [0.29, 0.717) is 18.8 Å². The van der Waals surface area contributed by atoms with Crippen LogP contribution in [0.3, 0.4) is 0 Å². The van der Waals surface area contributed by atoms with E-state index >= 15 is 0 Å². The van der Waals surface area contributed by atoms with E-state index in [2.05, 4.69) is 0 Å². The molecule has 1 unspecified atom stereocenters. The number of halogens is 3. The van der Waals surface area contributed by atoms with Gasteiger partial charge >= 0.3 is 12.1 Å². The summed E-state index contributed by atoms with van der Waals surface area (Å²) in [5, 5.41) is 9.32. The number of benzene rings is 1. The number of carbonyl (C=O) groups is 1. The fourth-order valence-electron chi connectivity index (χ4n) is 4.27. The van der Waals surface area contributed by atoms with Crippen LogP contribution in [0.1, 0.15) is 50.2 Å². The summed E-state index contributed by atoms with van der Waals surface area (Å²) in [6.07, 6.45) is -0.695. The summed E-state index contributed by atoms with van der Waals surface area (Å²) in [5.41, 5.74) is -0.103. The van der Waals surface area contributed by atoms with Gasteiger partial charge in [0.2, 0.25) is 0 Å². The van der Waals surface area contributed by atoms with Gasteiger partial charge in [-0.05, 0) is 50.2 Å². The Kier molecular flexibility index (Phi) is 4.26. The minimum absolute atomic E-state index is 0.136. The second kappa shape index (κ2) is 5.97. The van der Waals surface area contributed by atoms with Gasteiger partial charge in [0.15, 0.2) is 0 Å². The molecule has 1 spiro atoms. The Hall–Kier alpha value is -1.72. The highest BCUT2D eigenvalue weighted by molar-refractivity contribution is 5.70.